The van der Waals surface area contributed by atoms with Crippen molar-refractivity contribution in [3.63, 3.8) is 0 Å². The monoisotopic (exact) mass is 230 g/mol. The summed E-state index contributed by atoms with van der Waals surface area (Å²) in [7, 11) is 0. The van der Waals surface area contributed by atoms with Gasteiger partial charge in [-0.3, -0.25) is 0 Å². The molecule has 3 nitrogen and oxygen atoms in total. The number of carbonyl (C=O) groups is 1. The van der Waals surface area contributed by atoms with E-state index in [-0.39, 0.29) is 11.5 Å². The van der Waals surface area contributed by atoms with E-state index in [4.69, 9.17) is 9.47 Å². The lowest BCUT2D eigenvalue weighted by molar-refractivity contribution is -0.0214. The van der Waals surface area contributed by atoms with Gasteiger partial charge in [-0.25, -0.2) is 4.79 Å². The van der Waals surface area contributed by atoms with Crippen molar-refractivity contribution in [3.05, 3.63) is 0 Å². The zero-order chi connectivity index (χ0) is 12.9. The fourth-order valence-corrected chi connectivity index (χ4v) is 1.46. The molecule has 0 radical (unpaired) electrons. The predicted molar refractivity (Wildman–Crippen MR) is 65.4 cm³/mol. The molecule has 0 aliphatic carbocycles. The topological polar surface area (TPSA) is 35.5 Å². The van der Waals surface area contributed by atoms with Gasteiger partial charge in [0.2, 0.25) is 0 Å². The molecule has 0 N–H and O–H groups in total. The Morgan fingerprint density at radius 3 is 1.81 bits per heavy atom. The van der Waals surface area contributed by atoms with Gasteiger partial charge in [0.25, 0.3) is 0 Å². The average Bonchev–Trinajstić information content (AvgIpc) is 2.08. The number of ether oxygens (including phenoxy) is 2. The Labute approximate surface area is 99.5 Å². The highest BCUT2D eigenvalue weighted by Gasteiger charge is 2.23. The van der Waals surface area contributed by atoms with Crippen LogP contribution in [0.4, 0.5) is 4.79 Å². The summed E-state index contributed by atoms with van der Waals surface area (Å²) in [4.78, 5) is 11.5. The van der Waals surface area contributed by atoms with E-state index in [0.717, 1.165) is 0 Å². The molecule has 0 aromatic rings. The van der Waals surface area contributed by atoms with Crippen molar-refractivity contribution in [2.45, 2.75) is 54.6 Å². The Balaban J connectivity index is 4.11. The molecule has 0 heterocycles. The van der Waals surface area contributed by atoms with E-state index in [9.17, 15) is 4.79 Å². The van der Waals surface area contributed by atoms with Crippen molar-refractivity contribution in [1.29, 1.82) is 0 Å². The molecule has 0 aromatic carbocycles. The molecule has 0 amide bonds. The number of hydrogen-bond acceptors (Lipinski definition) is 3. The molecule has 0 bridgehead atoms. The van der Waals surface area contributed by atoms with Crippen molar-refractivity contribution < 1.29 is 14.3 Å². The van der Waals surface area contributed by atoms with Crippen LogP contribution in [0.25, 0.3) is 0 Å². The van der Waals surface area contributed by atoms with E-state index in [1.807, 2.05) is 48.5 Å². The fraction of sp³-hybridized carbons (Fsp3) is 0.923. The molecule has 3 heteroatoms. The van der Waals surface area contributed by atoms with Crippen molar-refractivity contribution in [2.75, 3.05) is 6.61 Å². The van der Waals surface area contributed by atoms with E-state index >= 15 is 0 Å². The SMILES string of the molecule is CC(C)C(OC(=O)OCC(C)(C)C)C(C)C. The van der Waals surface area contributed by atoms with Gasteiger partial charge < -0.3 is 9.47 Å². The summed E-state index contributed by atoms with van der Waals surface area (Å²) in [5, 5.41) is 0. The summed E-state index contributed by atoms with van der Waals surface area (Å²) in [6.07, 6.45) is -0.630. The van der Waals surface area contributed by atoms with Crippen LogP contribution in [-0.2, 0) is 9.47 Å². The molecule has 0 aliphatic rings. The van der Waals surface area contributed by atoms with Gasteiger partial charge in [-0.05, 0) is 17.3 Å². The quantitative estimate of drug-likeness (QED) is 0.688. The zero-order valence-corrected chi connectivity index (χ0v) is 11.7. The molecular formula is C13H26O3. The van der Waals surface area contributed by atoms with Crippen LogP contribution in [0.5, 0.6) is 0 Å². The molecule has 96 valence electrons. The highest BCUT2D eigenvalue weighted by Crippen LogP contribution is 2.18. The molecule has 0 saturated heterocycles. The van der Waals surface area contributed by atoms with Gasteiger partial charge >= 0.3 is 6.16 Å². The summed E-state index contributed by atoms with van der Waals surface area (Å²) in [6.45, 7) is 14.6. The Kier molecular flexibility index (Phi) is 5.84. The van der Waals surface area contributed by atoms with Crippen molar-refractivity contribution >= 4 is 6.16 Å². The summed E-state index contributed by atoms with van der Waals surface area (Å²) in [5.41, 5.74) is -0.0236. The van der Waals surface area contributed by atoms with Crippen LogP contribution in [0.2, 0.25) is 0 Å². The minimum atomic E-state index is -0.553. The Hall–Kier alpha value is -0.730. The second-order valence-corrected chi connectivity index (χ2v) is 6.17. The lowest BCUT2D eigenvalue weighted by Gasteiger charge is -2.25. The van der Waals surface area contributed by atoms with E-state index in [1.165, 1.54) is 0 Å². The molecular weight excluding hydrogens is 204 g/mol. The summed E-state index contributed by atoms with van der Waals surface area (Å²) in [6, 6.07) is 0. The maximum Gasteiger partial charge on any atom is 0.508 e. The lowest BCUT2D eigenvalue weighted by atomic mass is 9.96. The largest absolute Gasteiger partial charge is 0.508 e. The zero-order valence-electron chi connectivity index (χ0n) is 11.7. The minimum absolute atomic E-state index is 0.0236. The number of hydrogen-bond donors (Lipinski definition) is 0. The molecule has 0 aliphatic heterocycles. The van der Waals surface area contributed by atoms with Gasteiger partial charge in [0, 0.05) is 0 Å². The average molecular weight is 230 g/mol. The summed E-state index contributed by atoms with van der Waals surface area (Å²) >= 11 is 0. The maximum absolute atomic E-state index is 11.5. The fourth-order valence-electron chi connectivity index (χ4n) is 1.46. The molecule has 0 atom stereocenters. The molecule has 16 heavy (non-hydrogen) atoms. The van der Waals surface area contributed by atoms with Crippen molar-refractivity contribution in [2.24, 2.45) is 17.3 Å². The molecule has 0 aromatic heterocycles. The van der Waals surface area contributed by atoms with Crippen LogP contribution in [-0.4, -0.2) is 18.9 Å². The summed E-state index contributed by atoms with van der Waals surface area (Å²) < 4.78 is 10.4. The standard InChI is InChI=1S/C13H26O3/c1-9(2)11(10(3)4)16-12(14)15-8-13(5,6)7/h9-11H,8H2,1-7H3. The van der Waals surface area contributed by atoms with E-state index < -0.39 is 6.16 Å². The molecule has 0 spiro atoms. The molecule has 0 saturated carbocycles. The Morgan fingerprint density at radius 2 is 1.50 bits per heavy atom. The van der Waals surface area contributed by atoms with Gasteiger partial charge in [-0.1, -0.05) is 48.5 Å². The first-order valence-corrected chi connectivity index (χ1v) is 5.97. The highest BCUT2D eigenvalue weighted by atomic mass is 16.7. The van der Waals surface area contributed by atoms with E-state index in [2.05, 4.69) is 0 Å². The first-order valence-electron chi connectivity index (χ1n) is 5.97. The van der Waals surface area contributed by atoms with Gasteiger partial charge in [0.05, 0.1) is 6.61 Å². The van der Waals surface area contributed by atoms with Crippen LogP contribution in [0.15, 0.2) is 0 Å². The Morgan fingerprint density at radius 1 is 1.06 bits per heavy atom. The van der Waals surface area contributed by atoms with Crippen LogP contribution in [0.3, 0.4) is 0 Å². The van der Waals surface area contributed by atoms with Crippen LogP contribution >= 0.6 is 0 Å². The first-order chi connectivity index (χ1) is 7.13. The van der Waals surface area contributed by atoms with Crippen LogP contribution < -0.4 is 0 Å². The Bertz CT molecular complexity index is 206. The first kappa shape index (κ1) is 15.3. The van der Waals surface area contributed by atoms with Gasteiger partial charge in [0.15, 0.2) is 0 Å². The third kappa shape index (κ3) is 6.70. The van der Waals surface area contributed by atoms with Crippen molar-refractivity contribution in [1.82, 2.24) is 0 Å². The minimum Gasteiger partial charge on any atom is -0.434 e. The number of rotatable bonds is 4. The number of carbonyl (C=O) groups excluding carboxylic acids is 1. The third-order valence-electron chi connectivity index (χ3n) is 2.17. The maximum atomic E-state index is 11.5. The summed E-state index contributed by atoms with van der Waals surface area (Å²) in [5.74, 6) is 0.615. The van der Waals surface area contributed by atoms with E-state index in [0.29, 0.717) is 18.4 Å². The molecule has 0 unspecified atom stereocenters. The normalized spacial score (nSPS) is 12.4. The predicted octanol–water partition coefficient (Wildman–Crippen LogP) is 3.87. The highest BCUT2D eigenvalue weighted by molar-refractivity contribution is 5.60. The molecule has 0 rings (SSSR count). The van der Waals surface area contributed by atoms with Crippen LogP contribution in [0, 0.1) is 17.3 Å². The lowest BCUT2D eigenvalue weighted by Crippen LogP contribution is -2.30. The smallest absolute Gasteiger partial charge is 0.434 e. The van der Waals surface area contributed by atoms with Gasteiger partial charge in [0.1, 0.15) is 6.10 Å². The second kappa shape index (κ2) is 6.12. The van der Waals surface area contributed by atoms with Crippen LogP contribution in [0.1, 0.15) is 48.5 Å². The van der Waals surface area contributed by atoms with Gasteiger partial charge in [-0.15, -0.1) is 0 Å². The van der Waals surface area contributed by atoms with E-state index in [1.54, 1.807) is 0 Å². The third-order valence-corrected chi connectivity index (χ3v) is 2.17. The van der Waals surface area contributed by atoms with Gasteiger partial charge in [-0.2, -0.15) is 0 Å². The second-order valence-electron chi connectivity index (χ2n) is 6.17. The van der Waals surface area contributed by atoms with Crippen molar-refractivity contribution in [3.8, 4) is 0 Å². The molecule has 0 fully saturated rings.